The lowest BCUT2D eigenvalue weighted by atomic mass is 10.1. The number of carbonyl (C=O) groups excluding carboxylic acids is 2. The summed E-state index contributed by atoms with van der Waals surface area (Å²) in [4.78, 5) is 24.1. The molecular formula is C22H18Cl2N2O3. The maximum absolute atomic E-state index is 12.8. The molecule has 0 aromatic heterocycles. The molecule has 2 amide bonds. The summed E-state index contributed by atoms with van der Waals surface area (Å²) in [6.07, 6.45) is 0. The average molecular weight is 429 g/mol. The number of nitrogens with one attached hydrogen (secondary N) is 2. The minimum Gasteiger partial charge on any atom is -0.488 e. The van der Waals surface area contributed by atoms with Gasteiger partial charge in [0, 0.05) is 17.6 Å². The molecule has 29 heavy (non-hydrogen) atoms. The molecule has 0 fully saturated rings. The highest BCUT2D eigenvalue weighted by atomic mass is 35.5. The highest BCUT2D eigenvalue weighted by Crippen LogP contribution is 2.28. The molecule has 0 aliphatic rings. The molecule has 0 aliphatic carbocycles. The summed E-state index contributed by atoms with van der Waals surface area (Å²) < 4.78 is 5.83. The molecule has 0 bridgehead atoms. The van der Waals surface area contributed by atoms with E-state index in [2.05, 4.69) is 10.6 Å². The SMILES string of the molecule is CC(=O)Nc1ccc(Cl)c(NC(=O)c2ccccc2OCc2ccc(Cl)cc2)c1. The Bertz CT molecular complexity index is 1040. The van der Waals surface area contributed by atoms with Crippen molar-refractivity contribution < 1.29 is 14.3 Å². The van der Waals surface area contributed by atoms with Gasteiger partial charge in [0.1, 0.15) is 12.4 Å². The summed E-state index contributed by atoms with van der Waals surface area (Å²) in [6.45, 7) is 1.70. The van der Waals surface area contributed by atoms with Crippen LogP contribution < -0.4 is 15.4 Å². The second kappa shape index (κ2) is 9.45. The Hall–Kier alpha value is -3.02. The maximum atomic E-state index is 12.8. The molecule has 0 aliphatic heterocycles. The van der Waals surface area contributed by atoms with Gasteiger partial charge in [0.15, 0.2) is 0 Å². The Labute approximate surface area is 178 Å². The van der Waals surface area contributed by atoms with Crippen molar-refractivity contribution in [3.63, 3.8) is 0 Å². The van der Waals surface area contributed by atoms with Crippen molar-refractivity contribution in [3.05, 3.63) is 87.9 Å². The number of anilines is 2. The molecule has 0 radical (unpaired) electrons. The van der Waals surface area contributed by atoms with Crippen molar-refractivity contribution in [2.75, 3.05) is 10.6 Å². The second-order valence-electron chi connectivity index (χ2n) is 6.24. The summed E-state index contributed by atoms with van der Waals surface area (Å²) >= 11 is 12.1. The van der Waals surface area contributed by atoms with Crippen molar-refractivity contribution in [1.29, 1.82) is 0 Å². The predicted octanol–water partition coefficient (Wildman–Crippen LogP) is 5.78. The molecule has 3 rings (SSSR count). The van der Waals surface area contributed by atoms with E-state index in [-0.39, 0.29) is 11.8 Å². The zero-order valence-corrected chi connectivity index (χ0v) is 17.1. The van der Waals surface area contributed by atoms with Crippen molar-refractivity contribution in [2.24, 2.45) is 0 Å². The van der Waals surface area contributed by atoms with Crippen LogP contribution in [0.5, 0.6) is 5.75 Å². The topological polar surface area (TPSA) is 67.4 Å². The molecule has 0 saturated carbocycles. The van der Waals surface area contributed by atoms with Crippen LogP contribution in [0, 0.1) is 0 Å². The van der Waals surface area contributed by atoms with Crippen molar-refractivity contribution in [3.8, 4) is 5.75 Å². The van der Waals surface area contributed by atoms with Gasteiger partial charge < -0.3 is 15.4 Å². The second-order valence-corrected chi connectivity index (χ2v) is 7.08. The fraction of sp³-hybridized carbons (Fsp3) is 0.0909. The molecule has 148 valence electrons. The first-order valence-corrected chi connectivity index (χ1v) is 9.53. The summed E-state index contributed by atoms with van der Waals surface area (Å²) in [5, 5.41) is 6.42. The summed E-state index contributed by atoms with van der Waals surface area (Å²) in [7, 11) is 0. The van der Waals surface area contributed by atoms with Crippen molar-refractivity contribution in [1.82, 2.24) is 0 Å². The first kappa shape index (κ1) is 20.7. The van der Waals surface area contributed by atoms with Gasteiger partial charge in [-0.05, 0) is 48.0 Å². The zero-order chi connectivity index (χ0) is 20.8. The van der Waals surface area contributed by atoms with Crippen LogP contribution >= 0.6 is 23.2 Å². The van der Waals surface area contributed by atoms with Crippen LogP contribution in [0.25, 0.3) is 0 Å². The number of amides is 2. The summed E-state index contributed by atoms with van der Waals surface area (Å²) in [5.41, 5.74) is 2.21. The van der Waals surface area contributed by atoms with Gasteiger partial charge in [0.05, 0.1) is 16.3 Å². The number of hydrogen-bond donors (Lipinski definition) is 2. The number of halogens is 2. The Kier molecular flexibility index (Phi) is 6.75. The maximum Gasteiger partial charge on any atom is 0.259 e. The first-order chi connectivity index (χ1) is 13.9. The molecule has 0 unspecified atom stereocenters. The van der Waals surface area contributed by atoms with E-state index < -0.39 is 0 Å². The molecule has 3 aromatic rings. The highest BCUT2D eigenvalue weighted by Gasteiger charge is 2.14. The van der Waals surface area contributed by atoms with Crippen molar-refractivity contribution in [2.45, 2.75) is 13.5 Å². The average Bonchev–Trinajstić information content (AvgIpc) is 2.70. The minimum atomic E-state index is -0.376. The van der Waals surface area contributed by atoms with E-state index in [4.69, 9.17) is 27.9 Å². The normalized spacial score (nSPS) is 10.3. The quantitative estimate of drug-likeness (QED) is 0.522. The summed E-state index contributed by atoms with van der Waals surface area (Å²) in [6, 6.07) is 19.1. The monoisotopic (exact) mass is 428 g/mol. The van der Waals surface area contributed by atoms with Gasteiger partial charge in [-0.15, -0.1) is 0 Å². The molecule has 5 nitrogen and oxygen atoms in total. The van der Waals surface area contributed by atoms with Crippen LogP contribution in [-0.4, -0.2) is 11.8 Å². The third kappa shape index (κ3) is 5.73. The third-order valence-electron chi connectivity index (χ3n) is 3.97. The smallest absolute Gasteiger partial charge is 0.259 e. The molecule has 0 atom stereocenters. The third-order valence-corrected chi connectivity index (χ3v) is 4.56. The predicted molar refractivity (Wildman–Crippen MR) is 116 cm³/mol. The van der Waals surface area contributed by atoms with E-state index in [1.54, 1.807) is 54.6 Å². The zero-order valence-electron chi connectivity index (χ0n) is 15.5. The van der Waals surface area contributed by atoms with Crippen LogP contribution in [0.15, 0.2) is 66.7 Å². The first-order valence-electron chi connectivity index (χ1n) is 8.77. The lowest BCUT2D eigenvalue weighted by Crippen LogP contribution is -2.14. The van der Waals surface area contributed by atoms with E-state index in [1.807, 2.05) is 12.1 Å². The van der Waals surface area contributed by atoms with E-state index in [9.17, 15) is 9.59 Å². The number of ether oxygens (including phenoxy) is 1. The number of para-hydroxylation sites is 1. The van der Waals surface area contributed by atoms with Gasteiger partial charge in [-0.1, -0.05) is 47.5 Å². The number of carbonyl (C=O) groups is 2. The van der Waals surface area contributed by atoms with Gasteiger partial charge in [-0.25, -0.2) is 0 Å². The lowest BCUT2D eigenvalue weighted by Gasteiger charge is -2.13. The Morgan fingerprint density at radius 1 is 0.931 bits per heavy atom. The van der Waals surface area contributed by atoms with Crippen LogP contribution in [0.4, 0.5) is 11.4 Å². The van der Waals surface area contributed by atoms with Crippen LogP contribution in [0.2, 0.25) is 10.0 Å². The van der Waals surface area contributed by atoms with Gasteiger partial charge >= 0.3 is 0 Å². The lowest BCUT2D eigenvalue weighted by molar-refractivity contribution is -0.114. The van der Waals surface area contributed by atoms with E-state index in [0.717, 1.165) is 5.56 Å². The summed E-state index contributed by atoms with van der Waals surface area (Å²) in [5.74, 6) is -0.154. The molecule has 7 heteroatoms. The van der Waals surface area contributed by atoms with E-state index in [0.29, 0.717) is 39.3 Å². The molecule has 0 heterocycles. The number of benzene rings is 3. The molecule has 0 spiro atoms. The fourth-order valence-electron chi connectivity index (χ4n) is 2.61. The Morgan fingerprint density at radius 3 is 2.38 bits per heavy atom. The number of hydrogen-bond acceptors (Lipinski definition) is 3. The van der Waals surface area contributed by atoms with Crippen LogP contribution in [0.1, 0.15) is 22.8 Å². The van der Waals surface area contributed by atoms with Gasteiger partial charge in [-0.3, -0.25) is 9.59 Å². The molecular weight excluding hydrogens is 411 g/mol. The molecule has 2 N–H and O–H groups in total. The minimum absolute atomic E-state index is 0.217. The number of rotatable bonds is 6. The van der Waals surface area contributed by atoms with Gasteiger partial charge in [-0.2, -0.15) is 0 Å². The van der Waals surface area contributed by atoms with E-state index in [1.165, 1.54) is 6.92 Å². The van der Waals surface area contributed by atoms with Gasteiger partial charge in [0.25, 0.3) is 5.91 Å². The molecule has 0 saturated heterocycles. The van der Waals surface area contributed by atoms with Crippen LogP contribution in [0.3, 0.4) is 0 Å². The Morgan fingerprint density at radius 2 is 1.66 bits per heavy atom. The largest absolute Gasteiger partial charge is 0.488 e. The molecule has 3 aromatic carbocycles. The van der Waals surface area contributed by atoms with E-state index >= 15 is 0 Å². The van der Waals surface area contributed by atoms with Gasteiger partial charge in [0.2, 0.25) is 5.91 Å². The Balaban J connectivity index is 1.76. The highest BCUT2D eigenvalue weighted by molar-refractivity contribution is 6.34. The standard InChI is InChI=1S/C22H18Cl2N2O3/c1-14(27)25-17-10-11-19(24)20(12-17)26-22(28)18-4-2-3-5-21(18)29-13-15-6-8-16(23)9-7-15/h2-12H,13H2,1H3,(H,25,27)(H,26,28). The fourth-order valence-corrected chi connectivity index (χ4v) is 2.90. The van der Waals surface area contributed by atoms with Crippen LogP contribution in [-0.2, 0) is 11.4 Å². The van der Waals surface area contributed by atoms with Crippen molar-refractivity contribution >= 4 is 46.4 Å².